The quantitative estimate of drug-likeness (QED) is 0.267. The Morgan fingerprint density at radius 1 is 1.03 bits per heavy atom. The smallest absolute Gasteiger partial charge is 0.293 e. The molecular formula is C25H18Br2ClNO3S. The molecule has 1 aliphatic rings. The van der Waals surface area contributed by atoms with Crippen LogP contribution in [0.3, 0.4) is 0 Å². The van der Waals surface area contributed by atoms with Crippen LogP contribution in [0, 0.1) is 6.92 Å². The molecule has 0 spiro atoms. The minimum absolute atomic E-state index is 0.256. The summed E-state index contributed by atoms with van der Waals surface area (Å²) in [6.07, 6.45) is 1.72. The van der Waals surface area contributed by atoms with Gasteiger partial charge in [-0.25, -0.2) is 0 Å². The van der Waals surface area contributed by atoms with Crippen LogP contribution in [0.15, 0.2) is 74.5 Å². The second kappa shape index (κ2) is 10.5. The first-order valence-electron chi connectivity index (χ1n) is 9.98. The van der Waals surface area contributed by atoms with Crippen molar-refractivity contribution in [1.82, 2.24) is 4.90 Å². The predicted molar refractivity (Wildman–Crippen MR) is 140 cm³/mol. The average Bonchev–Trinajstić information content (AvgIpc) is 3.02. The number of imide groups is 1. The zero-order valence-corrected chi connectivity index (χ0v) is 22.2. The third kappa shape index (κ3) is 5.72. The monoisotopic (exact) mass is 605 g/mol. The molecule has 0 bridgehead atoms. The van der Waals surface area contributed by atoms with E-state index < -0.39 is 0 Å². The molecule has 4 rings (SSSR count). The van der Waals surface area contributed by atoms with E-state index in [0.717, 1.165) is 34.0 Å². The van der Waals surface area contributed by atoms with E-state index in [4.69, 9.17) is 16.3 Å². The fraction of sp³-hybridized carbons (Fsp3) is 0.120. The standard InChI is InChI=1S/C25H18Br2ClNO3S/c1-15-5-4-6-16(9-15)13-29-24(30)22(33-25(29)31)12-17-10-19(26)23(20(27)11-17)32-14-18-7-2-3-8-21(18)28/h2-12H,13-14H2,1H3/b22-12+. The van der Waals surface area contributed by atoms with E-state index in [-0.39, 0.29) is 17.7 Å². The van der Waals surface area contributed by atoms with Crippen LogP contribution in [-0.4, -0.2) is 16.0 Å². The van der Waals surface area contributed by atoms with Gasteiger partial charge in [0, 0.05) is 10.6 Å². The van der Waals surface area contributed by atoms with E-state index in [1.165, 1.54) is 4.90 Å². The molecule has 0 aromatic heterocycles. The second-order valence-corrected chi connectivity index (χ2v) is 10.6. The summed E-state index contributed by atoms with van der Waals surface area (Å²) >= 11 is 14.2. The average molecular weight is 608 g/mol. The van der Waals surface area contributed by atoms with Gasteiger partial charge in [0.15, 0.2) is 0 Å². The van der Waals surface area contributed by atoms with Crippen LogP contribution >= 0.6 is 55.2 Å². The number of amides is 2. The number of ether oxygens (including phenoxy) is 1. The topological polar surface area (TPSA) is 46.6 Å². The molecule has 2 amide bonds. The van der Waals surface area contributed by atoms with Gasteiger partial charge < -0.3 is 4.74 Å². The Bertz CT molecular complexity index is 1260. The van der Waals surface area contributed by atoms with Gasteiger partial charge in [-0.05, 0) is 85.9 Å². The van der Waals surface area contributed by atoms with E-state index in [1.54, 1.807) is 6.08 Å². The lowest BCUT2D eigenvalue weighted by Gasteiger charge is -2.13. The minimum Gasteiger partial charge on any atom is -0.486 e. The van der Waals surface area contributed by atoms with Crippen LogP contribution in [0.4, 0.5) is 4.79 Å². The lowest BCUT2D eigenvalue weighted by molar-refractivity contribution is -0.123. The summed E-state index contributed by atoms with van der Waals surface area (Å²) in [5.41, 5.74) is 3.65. The maximum atomic E-state index is 12.9. The van der Waals surface area contributed by atoms with Crippen molar-refractivity contribution in [3.8, 4) is 5.75 Å². The highest BCUT2D eigenvalue weighted by Crippen LogP contribution is 2.38. The van der Waals surface area contributed by atoms with Crippen LogP contribution in [0.2, 0.25) is 5.02 Å². The second-order valence-electron chi connectivity index (χ2n) is 7.45. The molecule has 1 saturated heterocycles. The largest absolute Gasteiger partial charge is 0.486 e. The lowest BCUT2D eigenvalue weighted by atomic mass is 10.1. The Hall–Kier alpha value is -2.06. The minimum atomic E-state index is -0.294. The van der Waals surface area contributed by atoms with E-state index in [1.807, 2.05) is 67.6 Å². The number of thioether (sulfide) groups is 1. The first kappa shape index (κ1) is 24.1. The highest BCUT2D eigenvalue weighted by Gasteiger charge is 2.35. The number of carbonyl (C=O) groups excluding carboxylic acids is 2. The molecule has 0 saturated carbocycles. The number of aryl methyl sites for hydroxylation is 1. The fourth-order valence-corrected chi connectivity index (χ4v) is 5.83. The molecule has 3 aromatic rings. The highest BCUT2D eigenvalue weighted by atomic mass is 79.9. The molecular weight excluding hydrogens is 590 g/mol. The van der Waals surface area contributed by atoms with Crippen molar-refractivity contribution in [3.05, 3.63) is 102 Å². The molecule has 3 aromatic carbocycles. The Morgan fingerprint density at radius 2 is 1.76 bits per heavy atom. The van der Waals surface area contributed by atoms with Gasteiger partial charge in [-0.15, -0.1) is 0 Å². The van der Waals surface area contributed by atoms with Crippen LogP contribution in [0.1, 0.15) is 22.3 Å². The molecule has 4 nitrogen and oxygen atoms in total. The van der Waals surface area contributed by atoms with Gasteiger partial charge in [0.2, 0.25) is 0 Å². The Morgan fingerprint density at radius 3 is 2.45 bits per heavy atom. The van der Waals surface area contributed by atoms with Gasteiger partial charge in [0.25, 0.3) is 11.1 Å². The van der Waals surface area contributed by atoms with E-state index >= 15 is 0 Å². The van der Waals surface area contributed by atoms with Gasteiger partial charge in [-0.1, -0.05) is 59.6 Å². The van der Waals surface area contributed by atoms with E-state index in [9.17, 15) is 9.59 Å². The van der Waals surface area contributed by atoms with Crippen molar-refractivity contribution < 1.29 is 14.3 Å². The number of carbonyl (C=O) groups is 2. The maximum absolute atomic E-state index is 12.9. The molecule has 1 aliphatic heterocycles. The first-order chi connectivity index (χ1) is 15.8. The third-order valence-electron chi connectivity index (χ3n) is 4.94. The van der Waals surface area contributed by atoms with Crippen molar-refractivity contribution in [2.75, 3.05) is 0 Å². The van der Waals surface area contributed by atoms with Crippen molar-refractivity contribution in [3.63, 3.8) is 0 Å². The molecule has 8 heteroatoms. The zero-order valence-electron chi connectivity index (χ0n) is 17.5. The Balaban J connectivity index is 1.51. The summed E-state index contributed by atoms with van der Waals surface area (Å²) < 4.78 is 7.39. The number of benzene rings is 3. The molecule has 0 radical (unpaired) electrons. The van der Waals surface area contributed by atoms with Crippen LogP contribution in [-0.2, 0) is 17.9 Å². The Kier molecular flexibility index (Phi) is 7.64. The Labute approximate surface area is 218 Å². The summed E-state index contributed by atoms with van der Waals surface area (Å²) in [4.78, 5) is 27.0. The number of nitrogens with zero attached hydrogens (tertiary/aromatic N) is 1. The number of hydrogen-bond acceptors (Lipinski definition) is 4. The summed E-state index contributed by atoms with van der Waals surface area (Å²) in [6, 6.07) is 19.0. The SMILES string of the molecule is Cc1cccc(CN2C(=O)S/C(=C/c3cc(Br)c(OCc4ccccc4Cl)c(Br)c3)C2=O)c1. The van der Waals surface area contributed by atoms with Crippen molar-refractivity contribution in [2.45, 2.75) is 20.1 Å². The normalized spacial score (nSPS) is 14.9. The van der Waals surface area contributed by atoms with Gasteiger partial charge in [-0.3, -0.25) is 14.5 Å². The van der Waals surface area contributed by atoms with Gasteiger partial charge in [0.1, 0.15) is 12.4 Å². The van der Waals surface area contributed by atoms with Crippen LogP contribution in [0.5, 0.6) is 5.75 Å². The highest BCUT2D eigenvalue weighted by molar-refractivity contribution is 9.11. The van der Waals surface area contributed by atoms with Crippen molar-refractivity contribution in [1.29, 1.82) is 0 Å². The number of halogens is 3. The van der Waals surface area contributed by atoms with E-state index in [2.05, 4.69) is 31.9 Å². The molecule has 0 N–H and O–H groups in total. The molecule has 0 aliphatic carbocycles. The number of hydrogen-bond donors (Lipinski definition) is 0. The molecule has 33 heavy (non-hydrogen) atoms. The van der Waals surface area contributed by atoms with Gasteiger partial charge in [0.05, 0.1) is 20.4 Å². The van der Waals surface area contributed by atoms with Crippen molar-refractivity contribution in [2.24, 2.45) is 0 Å². The van der Waals surface area contributed by atoms with Crippen LogP contribution in [0.25, 0.3) is 6.08 Å². The summed E-state index contributed by atoms with van der Waals surface area (Å²) in [5.74, 6) is 0.331. The maximum Gasteiger partial charge on any atom is 0.293 e. The summed E-state index contributed by atoms with van der Waals surface area (Å²) in [7, 11) is 0. The van der Waals surface area contributed by atoms with Gasteiger partial charge in [-0.2, -0.15) is 0 Å². The third-order valence-corrected chi connectivity index (χ3v) is 7.40. The zero-order chi connectivity index (χ0) is 23.5. The molecule has 0 atom stereocenters. The predicted octanol–water partition coefficient (Wildman–Crippen LogP) is 7.99. The molecule has 1 heterocycles. The molecule has 0 unspecified atom stereocenters. The number of rotatable bonds is 6. The van der Waals surface area contributed by atoms with Crippen LogP contribution < -0.4 is 4.74 Å². The van der Waals surface area contributed by atoms with Gasteiger partial charge >= 0.3 is 0 Å². The summed E-state index contributed by atoms with van der Waals surface area (Å²) in [6.45, 7) is 2.55. The molecule has 1 fully saturated rings. The van der Waals surface area contributed by atoms with E-state index in [0.29, 0.717) is 31.2 Å². The summed E-state index contributed by atoms with van der Waals surface area (Å²) in [5, 5.41) is 0.369. The molecule has 168 valence electrons. The fourth-order valence-electron chi connectivity index (χ4n) is 3.35. The van der Waals surface area contributed by atoms with Crippen molar-refractivity contribution >= 4 is 72.4 Å². The lowest BCUT2D eigenvalue weighted by Crippen LogP contribution is -2.27. The first-order valence-corrected chi connectivity index (χ1v) is 12.8.